The van der Waals surface area contributed by atoms with Gasteiger partial charge in [0.05, 0.1) is 13.2 Å². The number of thiazole rings is 1. The Morgan fingerprint density at radius 3 is 2.74 bits per heavy atom. The number of sulfonamides is 1. The lowest BCUT2D eigenvalue weighted by atomic mass is 10.3. The number of hydrogen-bond acceptors (Lipinski definition) is 6. The highest BCUT2D eigenvalue weighted by Crippen LogP contribution is 2.25. The van der Waals surface area contributed by atoms with Gasteiger partial charge < -0.3 is 10.1 Å². The van der Waals surface area contributed by atoms with Crippen LogP contribution < -0.4 is 9.60 Å². The van der Waals surface area contributed by atoms with Gasteiger partial charge in [0.1, 0.15) is 4.21 Å². The molecule has 0 spiro atoms. The number of nitrogens with one attached hydrogen (secondary N) is 2. The molecule has 0 atom stereocenters. The minimum Gasteiger partial charge on any atom is -0.391 e. The van der Waals surface area contributed by atoms with E-state index in [1.165, 1.54) is 6.07 Å². The Balaban J connectivity index is 2.15. The van der Waals surface area contributed by atoms with Crippen LogP contribution in [0.25, 0.3) is 0 Å². The molecule has 0 saturated heterocycles. The standard InChI is InChI=1S/C10H12N2O4S3/c1-6-2-9(18-8(6)4-13)19(15,16)11-3-7-5-17-10(14)12-7/h2,5,11,13H,3-4H2,1H3,(H,12,14). The fraction of sp³-hybridized carbons (Fsp3) is 0.300. The molecule has 0 radical (unpaired) electrons. The quantitative estimate of drug-likeness (QED) is 0.758. The average Bonchev–Trinajstić information content (AvgIpc) is 2.93. The molecule has 19 heavy (non-hydrogen) atoms. The summed E-state index contributed by atoms with van der Waals surface area (Å²) in [7, 11) is -3.62. The second kappa shape index (κ2) is 5.55. The maximum Gasteiger partial charge on any atom is 0.304 e. The molecule has 0 aliphatic carbocycles. The first-order chi connectivity index (χ1) is 8.92. The van der Waals surface area contributed by atoms with Crippen LogP contribution in [0.15, 0.2) is 20.5 Å². The molecule has 6 nitrogen and oxygen atoms in total. The second-order valence-electron chi connectivity index (χ2n) is 3.83. The number of aliphatic hydroxyl groups is 1. The van der Waals surface area contributed by atoms with Gasteiger partial charge in [0.25, 0.3) is 0 Å². The summed E-state index contributed by atoms with van der Waals surface area (Å²) in [6.45, 7) is 1.60. The molecule has 2 rings (SSSR count). The van der Waals surface area contributed by atoms with E-state index in [-0.39, 0.29) is 22.2 Å². The number of H-pyrrole nitrogens is 1. The van der Waals surface area contributed by atoms with Crippen molar-refractivity contribution in [1.82, 2.24) is 9.71 Å². The van der Waals surface area contributed by atoms with Crippen molar-refractivity contribution >= 4 is 32.7 Å². The van der Waals surface area contributed by atoms with Crippen molar-refractivity contribution in [2.75, 3.05) is 0 Å². The van der Waals surface area contributed by atoms with Gasteiger partial charge in [-0.05, 0) is 18.6 Å². The molecule has 104 valence electrons. The molecule has 9 heteroatoms. The SMILES string of the molecule is Cc1cc(S(=O)(=O)NCc2csc(=O)[nH]2)sc1CO. The fourth-order valence-corrected chi connectivity index (χ4v) is 4.50. The monoisotopic (exact) mass is 320 g/mol. The Hall–Kier alpha value is -1.00. The second-order valence-corrected chi connectivity index (χ2v) is 7.80. The maximum atomic E-state index is 12.0. The highest BCUT2D eigenvalue weighted by atomic mass is 32.2. The Labute approximate surface area is 117 Å². The Morgan fingerprint density at radius 1 is 1.47 bits per heavy atom. The van der Waals surface area contributed by atoms with E-state index in [1.54, 1.807) is 12.3 Å². The molecule has 0 unspecified atom stereocenters. The van der Waals surface area contributed by atoms with Crippen LogP contribution in [0, 0.1) is 6.92 Å². The van der Waals surface area contributed by atoms with Gasteiger partial charge in [-0.15, -0.1) is 11.3 Å². The van der Waals surface area contributed by atoms with Crippen LogP contribution in [0.3, 0.4) is 0 Å². The van der Waals surface area contributed by atoms with E-state index in [1.807, 2.05) is 0 Å². The van der Waals surface area contributed by atoms with Gasteiger partial charge in [-0.25, -0.2) is 13.1 Å². The van der Waals surface area contributed by atoms with E-state index in [0.717, 1.165) is 28.2 Å². The molecular weight excluding hydrogens is 308 g/mol. The van der Waals surface area contributed by atoms with Gasteiger partial charge in [0.2, 0.25) is 10.0 Å². The van der Waals surface area contributed by atoms with Crippen molar-refractivity contribution in [3.05, 3.63) is 37.2 Å². The highest BCUT2D eigenvalue weighted by molar-refractivity contribution is 7.91. The van der Waals surface area contributed by atoms with Crippen LogP contribution >= 0.6 is 22.7 Å². The van der Waals surface area contributed by atoms with Gasteiger partial charge in [-0.1, -0.05) is 11.3 Å². The summed E-state index contributed by atoms with van der Waals surface area (Å²) in [4.78, 5) is 13.9. The molecule has 0 fully saturated rings. The summed E-state index contributed by atoms with van der Waals surface area (Å²) in [5.41, 5.74) is 1.27. The first kappa shape index (κ1) is 14.4. The zero-order valence-corrected chi connectivity index (χ0v) is 12.4. The van der Waals surface area contributed by atoms with Crippen LogP contribution in [0.4, 0.5) is 0 Å². The van der Waals surface area contributed by atoms with E-state index in [9.17, 15) is 13.2 Å². The first-order valence-electron chi connectivity index (χ1n) is 5.29. The highest BCUT2D eigenvalue weighted by Gasteiger charge is 2.18. The van der Waals surface area contributed by atoms with E-state index in [4.69, 9.17) is 5.11 Å². The minimum absolute atomic E-state index is 0.0342. The molecule has 0 aliphatic heterocycles. The third-order valence-corrected chi connectivity index (χ3v) is 6.25. The van der Waals surface area contributed by atoms with Gasteiger partial charge in [-0.3, -0.25) is 4.79 Å². The zero-order chi connectivity index (χ0) is 14.0. The number of rotatable bonds is 5. The van der Waals surface area contributed by atoms with Crippen molar-refractivity contribution in [3.8, 4) is 0 Å². The average molecular weight is 320 g/mol. The lowest BCUT2D eigenvalue weighted by Gasteiger charge is -2.02. The summed E-state index contributed by atoms with van der Waals surface area (Å²) in [5.74, 6) is 0. The minimum atomic E-state index is -3.62. The van der Waals surface area contributed by atoms with Crippen molar-refractivity contribution in [2.45, 2.75) is 24.3 Å². The Morgan fingerprint density at radius 2 is 2.21 bits per heavy atom. The Kier molecular flexibility index (Phi) is 4.21. The predicted molar refractivity (Wildman–Crippen MR) is 73.9 cm³/mol. The number of hydrogen-bond donors (Lipinski definition) is 3. The van der Waals surface area contributed by atoms with Crippen molar-refractivity contribution < 1.29 is 13.5 Å². The topological polar surface area (TPSA) is 99.3 Å². The first-order valence-corrected chi connectivity index (χ1v) is 8.47. The van der Waals surface area contributed by atoms with Crippen molar-refractivity contribution in [3.63, 3.8) is 0 Å². The lowest BCUT2D eigenvalue weighted by Crippen LogP contribution is -2.22. The third kappa shape index (κ3) is 3.31. The molecule has 0 amide bonds. The molecule has 2 heterocycles. The van der Waals surface area contributed by atoms with E-state index < -0.39 is 10.0 Å². The molecule has 2 aromatic heterocycles. The molecule has 2 aromatic rings. The summed E-state index contributed by atoms with van der Waals surface area (Å²) in [5, 5.41) is 10.6. The fourth-order valence-electron chi connectivity index (χ4n) is 1.42. The molecule has 0 saturated carbocycles. The lowest BCUT2D eigenvalue weighted by molar-refractivity contribution is 0.285. The number of aliphatic hydroxyl groups excluding tert-OH is 1. The van der Waals surface area contributed by atoms with Gasteiger partial charge >= 0.3 is 4.87 Å². The molecule has 0 bridgehead atoms. The van der Waals surface area contributed by atoms with Gasteiger partial charge in [0.15, 0.2) is 0 Å². The van der Waals surface area contributed by atoms with Gasteiger partial charge in [0, 0.05) is 16.0 Å². The van der Waals surface area contributed by atoms with Crippen LogP contribution in [-0.2, 0) is 23.2 Å². The molecule has 0 aliphatic rings. The third-order valence-electron chi connectivity index (χ3n) is 2.43. The van der Waals surface area contributed by atoms with Crippen molar-refractivity contribution in [1.29, 1.82) is 0 Å². The number of aromatic amines is 1. The number of aromatic nitrogens is 1. The molecular formula is C10H12N2O4S3. The van der Waals surface area contributed by atoms with E-state index in [2.05, 4.69) is 9.71 Å². The summed E-state index contributed by atoms with van der Waals surface area (Å²) in [6.07, 6.45) is 0. The zero-order valence-electron chi connectivity index (χ0n) is 9.97. The number of aryl methyl sites for hydroxylation is 1. The van der Waals surface area contributed by atoms with Crippen molar-refractivity contribution in [2.24, 2.45) is 0 Å². The normalized spacial score (nSPS) is 11.9. The van der Waals surface area contributed by atoms with E-state index >= 15 is 0 Å². The smallest absolute Gasteiger partial charge is 0.304 e. The summed E-state index contributed by atoms with van der Waals surface area (Å²) >= 11 is 2.02. The van der Waals surface area contributed by atoms with Gasteiger partial charge in [-0.2, -0.15) is 0 Å². The van der Waals surface area contributed by atoms with E-state index in [0.29, 0.717) is 10.6 Å². The summed E-state index contributed by atoms with van der Waals surface area (Å²) in [6, 6.07) is 1.52. The summed E-state index contributed by atoms with van der Waals surface area (Å²) < 4.78 is 26.6. The predicted octanol–water partition coefficient (Wildman–Crippen LogP) is 0.777. The maximum absolute atomic E-state index is 12.0. The molecule has 0 aromatic carbocycles. The molecule has 3 N–H and O–H groups in total. The number of thiophene rings is 1. The largest absolute Gasteiger partial charge is 0.391 e. The van der Waals surface area contributed by atoms with Crippen LogP contribution in [0.2, 0.25) is 0 Å². The Bertz CT molecular complexity index is 726. The van der Waals surface area contributed by atoms with Crippen LogP contribution in [0.1, 0.15) is 16.1 Å². The van der Waals surface area contributed by atoms with Crippen LogP contribution in [0.5, 0.6) is 0 Å². The van der Waals surface area contributed by atoms with Crippen LogP contribution in [-0.4, -0.2) is 18.5 Å².